The van der Waals surface area contributed by atoms with Gasteiger partial charge in [0.25, 0.3) is 0 Å². The van der Waals surface area contributed by atoms with Crippen molar-refractivity contribution in [2.45, 2.75) is 25.8 Å². The average Bonchev–Trinajstić information content (AvgIpc) is 2.82. The molecule has 4 nitrogen and oxygen atoms in total. The highest BCUT2D eigenvalue weighted by molar-refractivity contribution is 6.32. The summed E-state index contributed by atoms with van der Waals surface area (Å²) in [4.78, 5) is 0. The standard InChI is InChI=1S/C13H18ClNO3/c14-11-6-10(7-12-13(11)18-9-17-12)8-15-4-2-1-3-5-16/h6-7,15-16H,1-5,8-9H2. The fourth-order valence-electron chi connectivity index (χ4n) is 1.89. The van der Waals surface area contributed by atoms with E-state index < -0.39 is 0 Å². The van der Waals surface area contributed by atoms with Crippen LogP contribution in [0.15, 0.2) is 12.1 Å². The molecular formula is C13H18ClNO3. The first-order chi connectivity index (χ1) is 8.81. The Morgan fingerprint density at radius 1 is 1.22 bits per heavy atom. The van der Waals surface area contributed by atoms with E-state index in [9.17, 15) is 0 Å². The molecule has 1 aromatic carbocycles. The van der Waals surface area contributed by atoms with Crippen LogP contribution in [0.1, 0.15) is 24.8 Å². The summed E-state index contributed by atoms with van der Waals surface area (Å²) in [7, 11) is 0. The molecule has 0 atom stereocenters. The smallest absolute Gasteiger partial charge is 0.231 e. The second-order valence-electron chi connectivity index (χ2n) is 4.27. The number of unbranched alkanes of at least 4 members (excludes halogenated alkanes) is 2. The molecule has 0 radical (unpaired) electrons. The van der Waals surface area contributed by atoms with E-state index in [1.165, 1.54) is 0 Å². The first kappa shape index (κ1) is 13.5. The molecule has 1 aliphatic heterocycles. The summed E-state index contributed by atoms with van der Waals surface area (Å²) in [5, 5.41) is 12.6. The zero-order valence-electron chi connectivity index (χ0n) is 10.2. The van der Waals surface area contributed by atoms with Crippen LogP contribution in [0.5, 0.6) is 11.5 Å². The summed E-state index contributed by atoms with van der Waals surface area (Å²) in [5.74, 6) is 1.36. The van der Waals surface area contributed by atoms with Crippen molar-refractivity contribution in [2.24, 2.45) is 0 Å². The molecule has 1 aliphatic rings. The van der Waals surface area contributed by atoms with Gasteiger partial charge in [-0.2, -0.15) is 0 Å². The Kier molecular flexibility index (Phi) is 5.11. The lowest BCUT2D eigenvalue weighted by atomic mass is 10.2. The average molecular weight is 272 g/mol. The fraction of sp³-hybridized carbons (Fsp3) is 0.538. The van der Waals surface area contributed by atoms with E-state index in [-0.39, 0.29) is 13.4 Å². The Bertz CT molecular complexity index is 398. The number of hydrogen-bond donors (Lipinski definition) is 2. The van der Waals surface area contributed by atoms with Gasteiger partial charge in [0, 0.05) is 13.2 Å². The molecule has 0 aromatic heterocycles. The summed E-state index contributed by atoms with van der Waals surface area (Å²) in [6.45, 7) is 2.21. The van der Waals surface area contributed by atoms with Crippen molar-refractivity contribution >= 4 is 11.6 Å². The normalized spacial score (nSPS) is 13.0. The van der Waals surface area contributed by atoms with E-state index in [4.69, 9.17) is 26.2 Å². The SMILES string of the molecule is OCCCCCNCc1cc(Cl)c2c(c1)OCO2. The van der Waals surface area contributed by atoms with Gasteiger partial charge in [-0.25, -0.2) is 0 Å². The van der Waals surface area contributed by atoms with Gasteiger partial charge >= 0.3 is 0 Å². The molecule has 0 unspecified atom stereocenters. The summed E-state index contributed by atoms with van der Waals surface area (Å²) < 4.78 is 10.6. The summed E-state index contributed by atoms with van der Waals surface area (Å²) >= 11 is 6.10. The molecule has 0 aliphatic carbocycles. The third-order valence-electron chi connectivity index (χ3n) is 2.83. The molecule has 18 heavy (non-hydrogen) atoms. The molecule has 0 spiro atoms. The number of rotatable bonds is 7. The van der Waals surface area contributed by atoms with Gasteiger partial charge in [0.15, 0.2) is 11.5 Å². The van der Waals surface area contributed by atoms with Crippen LogP contribution in [0.3, 0.4) is 0 Å². The largest absolute Gasteiger partial charge is 0.454 e. The maximum absolute atomic E-state index is 8.66. The molecule has 5 heteroatoms. The Hall–Kier alpha value is -0.970. The van der Waals surface area contributed by atoms with Crippen LogP contribution in [-0.4, -0.2) is 25.1 Å². The highest BCUT2D eigenvalue weighted by atomic mass is 35.5. The molecule has 0 amide bonds. The molecule has 0 bridgehead atoms. The minimum Gasteiger partial charge on any atom is -0.454 e. The zero-order chi connectivity index (χ0) is 12.8. The summed E-state index contributed by atoms with van der Waals surface area (Å²) in [6.07, 6.45) is 2.99. The van der Waals surface area contributed by atoms with Crippen LogP contribution in [0.25, 0.3) is 0 Å². The van der Waals surface area contributed by atoms with Gasteiger partial charge in [-0.1, -0.05) is 11.6 Å². The lowest BCUT2D eigenvalue weighted by molar-refractivity contribution is 0.174. The van der Waals surface area contributed by atoms with Crippen LogP contribution < -0.4 is 14.8 Å². The predicted octanol–water partition coefficient (Wildman–Crippen LogP) is 2.32. The molecule has 0 saturated heterocycles. The number of hydrogen-bond acceptors (Lipinski definition) is 4. The number of nitrogens with one attached hydrogen (secondary N) is 1. The minimum absolute atomic E-state index is 0.243. The minimum atomic E-state index is 0.243. The molecule has 2 N–H and O–H groups in total. The van der Waals surface area contributed by atoms with Crippen LogP contribution in [-0.2, 0) is 6.54 Å². The maximum Gasteiger partial charge on any atom is 0.231 e. The van der Waals surface area contributed by atoms with Crippen LogP contribution in [0.4, 0.5) is 0 Å². The van der Waals surface area contributed by atoms with Crippen LogP contribution >= 0.6 is 11.6 Å². The van der Waals surface area contributed by atoms with E-state index in [1.54, 1.807) is 0 Å². The first-order valence-electron chi connectivity index (χ1n) is 6.21. The van der Waals surface area contributed by atoms with Crippen molar-refractivity contribution in [2.75, 3.05) is 19.9 Å². The van der Waals surface area contributed by atoms with Crippen molar-refractivity contribution in [3.05, 3.63) is 22.7 Å². The number of aliphatic hydroxyl groups is 1. The van der Waals surface area contributed by atoms with E-state index in [0.717, 1.165) is 43.7 Å². The van der Waals surface area contributed by atoms with Gasteiger partial charge in [0.2, 0.25) is 6.79 Å². The van der Waals surface area contributed by atoms with Gasteiger partial charge < -0.3 is 19.9 Å². The molecule has 1 aromatic rings. The number of aliphatic hydroxyl groups excluding tert-OH is 1. The lowest BCUT2D eigenvalue weighted by Crippen LogP contribution is -2.14. The van der Waals surface area contributed by atoms with Crippen LogP contribution in [0, 0.1) is 0 Å². The Labute approximate surface area is 112 Å². The topological polar surface area (TPSA) is 50.7 Å². The summed E-state index contributed by atoms with van der Waals surface area (Å²) in [6, 6.07) is 3.85. The maximum atomic E-state index is 8.66. The van der Waals surface area contributed by atoms with Crippen molar-refractivity contribution in [3.8, 4) is 11.5 Å². The highest BCUT2D eigenvalue weighted by Crippen LogP contribution is 2.39. The molecule has 0 saturated carbocycles. The Balaban J connectivity index is 1.78. The zero-order valence-corrected chi connectivity index (χ0v) is 11.0. The number of halogens is 1. The third kappa shape index (κ3) is 3.51. The van der Waals surface area contributed by atoms with E-state index >= 15 is 0 Å². The number of benzene rings is 1. The highest BCUT2D eigenvalue weighted by Gasteiger charge is 2.17. The van der Waals surface area contributed by atoms with Gasteiger partial charge in [-0.15, -0.1) is 0 Å². The van der Waals surface area contributed by atoms with Crippen molar-refractivity contribution < 1.29 is 14.6 Å². The van der Waals surface area contributed by atoms with Gasteiger partial charge in [-0.3, -0.25) is 0 Å². The second-order valence-corrected chi connectivity index (χ2v) is 4.68. The Morgan fingerprint density at radius 2 is 2.11 bits per heavy atom. The number of ether oxygens (including phenoxy) is 2. The van der Waals surface area contributed by atoms with Crippen molar-refractivity contribution in [3.63, 3.8) is 0 Å². The molecular weight excluding hydrogens is 254 g/mol. The van der Waals surface area contributed by atoms with E-state index in [1.807, 2.05) is 12.1 Å². The van der Waals surface area contributed by atoms with Gasteiger partial charge in [0.05, 0.1) is 5.02 Å². The number of fused-ring (bicyclic) bond motifs is 1. The van der Waals surface area contributed by atoms with Gasteiger partial charge in [-0.05, 0) is 43.5 Å². The van der Waals surface area contributed by atoms with E-state index in [0.29, 0.717) is 10.8 Å². The molecule has 100 valence electrons. The van der Waals surface area contributed by atoms with Crippen molar-refractivity contribution in [1.29, 1.82) is 0 Å². The van der Waals surface area contributed by atoms with Crippen molar-refractivity contribution in [1.82, 2.24) is 5.32 Å². The monoisotopic (exact) mass is 271 g/mol. The van der Waals surface area contributed by atoms with E-state index in [2.05, 4.69) is 5.32 Å². The fourth-order valence-corrected chi connectivity index (χ4v) is 2.18. The lowest BCUT2D eigenvalue weighted by Gasteiger charge is -2.07. The van der Waals surface area contributed by atoms with Crippen LogP contribution in [0.2, 0.25) is 5.02 Å². The predicted molar refractivity (Wildman–Crippen MR) is 70.2 cm³/mol. The Morgan fingerprint density at radius 3 is 2.94 bits per heavy atom. The molecule has 1 heterocycles. The quantitative estimate of drug-likeness (QED) is 0.748. The second kappa shape index (κ2) is 6.83. The third-order valence-corrected chi connectivity index (χ3v) is 3.11. The summed E-state index contributed by atoms with van der Waals surface area (Å²) in [5.41, 5.74) is 1.09. The van der Waals surface area contributed by atoms with Gasteiger partial charge in [0.1, 0.15) is 0 Å². The molecule has 2 rings (SSSR count). The first-order valence-corrected chi connectivity index (χ1v) is 6.58. The molecule has 0 fully saturated rings.